The van der Waals surface area contributed by atoms with Crippen LogP contribution < -0.4 is 5.32 Å². The topological polar surface area (TPSA) is 48.1 Å². The number of alkyl halides is 2. The van der Waals surface area contributed by atoms with E-state index in [-0.39, 0.29) is 18.4 Å². The molecular formula is C14H17F2N3OS. The number of carbonyl (C=O) groups is 1. The molecule has 0 aromatic carbocycles. The summed E-state index contributed by atoms with van der Waals surface area (Å²) in [6, 6.07) is 3.80. The van der Waals surface area contributed by atoms with Crippen LogP contribution in [-0.4, -0.2) is 48.4 Å². The fraction of sp³-hybridized carbons (Fsp3) is 0.500. The van der Waals surface area contributed by atoms with Crippen molar-refractivity contribution in [2.24, 2.45) is 5.92 Å². The summed E-state index contributed by atoms with van der Waals surface area (Å²) in [5, 5.41) is 5.89. The number of amides is 1. The normalized spacial score (nSPS) is 19.7. The maximum absolute atomic E-state index is 12.3. The van der Waals surface area contributed by atoms with E-state index in [2.05, 4.69) is 10.3 Å². The number of aromatic amines is 1. The summed E-state index contributed by atoms with van der Waals surface area (Å²) in [5.41, 5.74) is 0.555. The molecule has 1 saturated heterocycles. The van der Waals surface area contributed by atoms with Crippen LogP contribution in [0.2, 0.25) is 0 Å². The van der Waals surface area contributed by atoms with Gasteiger partial charge in [-0.25, -0.2) is 8.78 Å². The minimum absolute atomic E-state index is 0.134. The Morgan fingerprint density at radius 1 is 1.57 bits per heavy atom. The van der Waals surface area contributed by atoms with Crippen molar-refractivity contribution >= 4 is 27.5 Å². The van der Waals surface area contributed by atoms with Gasteiger partial charge in [0.05, 0.1) is 6.54 Å². The summed E-state index contributed by atoms with van der Waals surface area (Å²) in [6.07, 6.45) is -1.43. The van der Waals surface area contributed by atoms with Crippen LogP contribution in [0.3, 0.4) is 0 Å². The highest BCUT2D eigenvalue weighted by Gasteiger charge is 2.25. The molecule has 0 saturated carbocycles. The average Bonchev–Trinajstić information content (AvgIpc) is 3.09. The van der Waals surface area contributed by atoms with E-state index < -0.39 is 6.43 Å². The Kier molecular flexibility index (Phi) is 4.21. The zero-order chi connectivity index (χ0) is 14.8. The van der Waals surface area contributed by atoms with Crippen LogP contribution >= 0.6 is 11.3 Å². The number of fused-ring (bicyclic) bond motifs is 1. The minimum Gasteiger partial charge on any atom is -0.350 e. The number of likely N-dealkylation sites (tertiary alicyclic amines) is 1. The second-order valence-electron chi connectivity index (χ2n) is 5.40. The van der Waals surface area contributed by atoms with Crippen molar-refractivity contribution in [3.63, 3.8) is 0 Å². The third-order valence-electron chi connectivity index (χ3n) is 3.81. The van der Waals surface area contributed by atoms with Gasteiger partial charge in [0.1, 0.15) is 10.5 Å². The van der Waals surface area contributed by atoms with Crippen molar-refractivity contribution in [1.82, 2.24) is 15.2 Å². The number of hydrogen-bond acceptors (Lipinski definition) is 3. The van der Waals surface area contributed by atoms with Gasteiger partial charge in [-0.1, -0.05) is 0 Å². The summed E-state index contributed by atoms with van der Waals surface area (Å²) in [6.45, 7) is 1.68. The minimum atomic E-state index is -2.29. The molecule has 7 heteroatoms. The van der Waals surface area contributed by atoms with Gasteiger partial charge in [0, 0.05) is 18.5 Å². The molecule has 1 fully saturated rings. The van der Waals surface area contributed by atoms with E-state index in [1.165, 1.54) is 0 Å². The fourth-order valence-corrected chi connectivity index (χ4v) is 3.53. The highest BCUT2D eigenvalue weighted by Crippen LogP contribution is 2.21. The fourth-order valence-electron chi connectivity index (χ4n) is 2.74. The van der Waals surface area contributed by atoms with Crippen molar-refractivity contribution in [2.45, 2.75) is 12.8 Å². The first-order chi connectivity index (χ1) is 10.1. The van der Waals surface area contributed by atoms with Crippen molar-refractivity contribution in [2.75, 3.05) is 26.2 Å². The van der Waals surface area contributed by atoms with Crippen LogP contribution in [-0.2, 0) is 0 Å². The molecule has 3 rings (SSSR count). The standard InChI is InChI=1S/C14H17F2N3OS/c15-12(16)8-19-3-1-9(7-19)6-17-13(20)11-5-10-2-4-21-14(10)18-11/h2,4-5,9,12,18H,1,3,6-8H2,(H,17,20). The summed E-state index contributed by atoms with van der Waals surface area (Å²) in [7, 11) is 0. The summed E-state index contributed by atoms with van der Waals surface area (Å²) >= 11 is 1.56. The largest absolute Gasteiger partial charge is 0.350 e. The maximum Gasteiger partial charge on any atom is 0.267 e. The molecule has 21 heavy (non-hydrogen) atoms. The Morgan fingerprint density at radius 2 is 2.43 bits per heavy atom. The Hall–Kier alpha value is -1.47. The molecule has 1 unspecified atom stereocenters. The number of aromatic nitrogens is 1. The first-order valence-electron chi connectivity index (χ1n) is 6.96. The molecule has 1 aliphatic heterocycles. The van der Waals surface area contributed by atoms with Gasteiger partial charge in [-0.15, -0.1) is 11.3 Å². The van der Waals surface area contributed by atoms with Crippen LogP contribution in [0.1, 0.15) is 16.9 Å². The number of rotatable bonds is 5. The van der Waals surface area contributed by atoms with E-state index >= 15 is 0 Å². The molecule has 1 amide bonds. The first-order valence-corrected chi connectivity index (χ1v) is 7.84. The zero-order valence-electron chi connectivity index (χ0n) is 11.4. The first kappa shape index (κ1) is 14.5. The van der Waals surface area contributed by atoms with Gasteiger partial charge >= 0.3 is 0 Å². The predicted octanol–water partition coefficient (Wildman–Crippen LogP) is 2.55. The van der Waals surface area contributed by atoms with Gasteiger partial charge in [0.15, 0.2) is 0 Å². The van der Waals surface area contributed by atoms with Gasteiger partial charge in [-0.2, -0.15) is 0 Å². The van der Waals surface area contributed by atoms with Gasteiger partial charge in [-0.05, 0) is 36.4 Å². The monoisotopic (exact) mass is 313 g/mol. The maximum atomic E-state index is 12.3. The van der Waals surface area contributed by atoms with Crippen molar-refractivity contribution < 1.29 is 13.6 Å². The molecule has 0 aliphatic carbocycles. The lowest BCUT2D eigenvalue weighted by molar-refractivity contribution is 0.0925. The zero-order valence-corrected chi connectivity index (χ0v) is 12.3. The lowest BCUT2D eigenvalue weighted by atomic mass is 10.1. The Balaban J connectivity index is 1.49. The smallest absolute Gasteiger partial charge is 0.267 e. The molecule has 2 aromatic heterocycles. The van der Waals surface area contributed by atoms with Crippen LogP contribution in [0.5, 0.6) is 0 Å². The number of nitrogens with zero attached hydrogens (tertiary/aromatic N) is 1. The number of halogens is 2. The highest BCUT2D eigenvalue weighted by molar-refractivity contribution is 7.16. The molecule has 4 nitrogen and oxygen atoms in total. The van der Waals surface area contributed by atoms with E-state index in [0.29, 0.717) is 25.3 Å². The molecule has 3 heterocycles. The number of nitrogens with one attached hydrogen (secondary N) is 2. The second kappa shape index (κ2) is 6.11. The molecule has 1 atom stereocenters. The quantitative estimate of drug-likeness (QED) is 0.891. The van der Waals surface area contributed by atoms with E-state index in [0.717, 1.165) is 16.6 Å². The average molecular weight is 313 g/mol. The molecular weight excluding hydrogens is 296 g/mol. The third kappa shape index (κ3) is 3.41. The van der Waals surface area contributed by atoms with Gasteiger partial charge in [0.2, 0.25) is 0 Å². The van der Waals surface area contributed by atoms with Crippen LogP contribution in [0.4, 0.5) is 8.78 Å². The molecule has 2 N–H and O–H groups in total. The highest BCUT2D eigenvalue weighted by atomic mass is 32.1. The van der Waals surface area contributed by atoms with Gasteiger partial charge in [0.25, 0.3) is 12.3 Å². The SMILES string of the molecule is O=C(NCC1CCN(CC(F)F)C1)c1cc2ccsc2[nH]1. The Labute approximate surface area is 125 Å². The summed E-state index contributed by atoms with van der Waals surface area (Å²) < 4.78 is 24.6. The van der Waals surface area contributed by atoms with Crippen LogP contribution in [0.25, 0.3) is 10.2 Å². The second-order valence-corrected chi connectivity index (χ2v) is 6.32. The molecule has 0 spiro atoms. The van der Waals surface area contributed by atoms with Crippen LogP contribution in [0, 0.1) is 5.92 Å². The van der Waals surface area contributed by atoms with Crippen molar-refractivity contribution in [3.8, 4) is 0 Å². The summed E-state index contributed by atoms with van der Waals surface area (Å²) in [4.78, 5) is 17.9. The molecule has 0 bridgehead atoms. The van der Waals surface area contributed by atoms with E-state index in [1.54, 1.807) is 16.2 Å². The number of H-pyrrole nitrogens is 1. The Bertz CT molecular complexity index is 596. The lowest BCUT2D eigenvalue weighted by Crippen LogP contribution is -2.32. The molecule has 2 aromatic rings. The lowest BCUT2D eigenvalue weighted by Gasteiger charge is -2.15. The third-order valence-corrected chi connectivity index (χ3v) is 4.65. The van der Waals surface area contributed by atoms with E-state index in [9.17, 15) is 13.6 Å². The van der Waals surface area contributed by atoms with Crippen LogP contribution in [0.15, 0.2) is 17.5 Å². The van der Waals surface area contributed by atoms with E-state index in [4.69, 9.17) is 0 Å². The van der Waals surface area contributed by atoms with Gasteiger partial charge < -0.3 is 10.3 Å². The number of hydrogen-bond donors (Lipinski definition) is 2. The molecule has 0 radical (unpaired) electrons. The molecule has 114 valence electrons. The van der Waals surface area contributed by atoms with Crippen molar-refractivity contribution in [1.29, 1.82) is 0 Å². The van der Waals surface area contributed by atoms with Crippen molar-refractivity contribution in [3.05, 3.63) is 23.2 Å². The van der Waals surface area contributed by atoms with Gasteiger partial charge in [-0.3, -0.25) is 9.69 Å². The number of thiophene rings is 1. The molecule has 1 aliphatic rings. The van der Waals surface area contributed by atoms with E-state index in [1.807, 2.05) is 17.5 Å². The Morgan fingerprint density at radius 3 is 3.19 bits per heavy atom. The summed E-state index contributed by atoms with van der Waals surface area (Å²) in [5.74, 6) is 0.120. The number of carbonyl (C=O) groups excluding carboxylic acids is 1. The predicted molar refractivity (Wildman–Crippen MR) is 79.1 cm³/mol.